The third kappa shape index (κ3) is 2.96. The molecule has 4 rings (SSSR count). The number of aryl methyl sites for hydroxylation is 1. The number of carbonyl (C=O) groups is 1. The second-order valence-electron chi connectivity index (χ2n) is 7.57. The number of rotatable bonds is 4. The molecule has 1 saturated heterocycles. The molecule has 5 heteroatoms. The fourth-order valence-corrected chi connectivity index (χ4v) is 4.32. The minimum atomic E-state index is -0.420. The Hall–Kier alpha value is -2.17. The first-order valence-corrected chi connectivity index (χ1v) is 9.10. The molecule has 0 N–H and O–H groups in total. The van der Waals surface area contributed by atoms with Crippen LogP contribution in [0.25, 0.3) is 0 Å². The van der Waals surface area contributed by atoms with Gasteiger partial charge in [0.05, 0.1) is 11.6 Å². The third-order valence-corrected chi connectivity index (χ3v) is 5.87. The Morgan fingerprint density at radius 3 is 2.68 bits per heavy atom. The number of carbonyl (C=O) groups excluding carboxylic acids is 1. The van der Waals surface area contributed by atoms with Gasteiger partial charge in [0.15, 0.2) is 0 Å². The van der Waals surface area contributed by atoms with Crippen molar-refractivity contribution in [2.24, 2.45) is 13.0 Å². The van der Waals surface area contributed by atoms with Crippen LogP contribution in [-0.4, -0.2) is 33.7 Å². The van der Waals surface area contributed by atoms with Crippen molar-refractivity contribution in [3.05, 3.63) is 53.6 Å². The Labute approximate surface area is 147 Å². The Balaban J connectivity index is 1.46. The van der Waals surface area contributed by atoms with E-state index in [9.17, 15) is 9.18 Å². The van der Waals surface area contributed by atoms with Crippen LogP contribution in [0.1, 0.15) is 36.8 Å². The zero-order valence-corrected chi connectivity index (χ0v) is 14.6. The lowest BCUT2D eigenvalue weighted by molar-refractivity contribution is -0.140. The Morgan fingerprint density at radius 1 is 1.32 bits per heavy atom. The lowest BCUT2D eigenvalue weighted by Gasteiger charge is -2.43. The molecule has 2 heterocycles. The van der Waals surface area contributed by atoms with Crippen LogP contribution in [0.15, 0.2) is 36.7 Å². The standard InChI is InChI=1S/C20H24FN3O/c1-23-13-16(12-22-23)11-15-7-10-24(14-15)19(25)20(8-2-9-20)17-3-5-18(21)6-4-17/h3-6,12-13,15H,2,7-11,14H2,1H3/t15-/m0/s1. The molecule has 1 amide bonds. The summed E-state index contributed by atoms with van der Waals surface area (Å²) in [5.41, 5.74) is 1.79. The van der Waals surface area contributed by atoms with Gasteiger partial charge in [-0.05, 0) is 54.9 Å². The van der Waals surface area contributed by atoms with Gasteiger partial charge in [-0.25, -0.2) is 4.39 Å². The van der Waals surface area contributed by atoms with Crippen molar-refractivity contribution in [1.29, 1.82) is 0 Å². The quantitative estimate of drug-likeness (QED) is 0.857. The highest BCUT2D eigenvalue weighted by molar-refractivity contribution is 5.89. The summed E-state index contributed by atoms with van der Waals surface area (Å²) in [6, 6.07) is 6.51. The molecule has 1 atom stereocenters. The van der Waals surface area contributed by atoms with Gasteiger partial charge in [0.1, 0.15) is 5.82 Å². The summed E-state index contributed by atoms with van der Waals surface area (Å²) in [7, 11) is 1.93. The normalized spacial score (nSPS) is 22.0. The molecule has 2 aromatic rings. The monoisotopic (exact) mass is 341 g/mol. The lowest BCUT2D eigenvalue weighted by Crippen LogP contribution is -2.50. The predicted octanol–water partition coefficient (Wildman–Crippen LogP) is 3.07. The molecule has 0 unspecified atom stereocenters. The second-order valence-corrected chi connectivity index (χ2v) is 7.57. The summed E-state index contributed by atoms with van der Waals surface area (Å²) >= 11 is 0. The van der Waals surface area contributed by atoms with Gasteiger partial charge >= 0.3 is 0 Å². The number of benzene rings is 1. The first-order chi connectivity index (χ1) is 12.1. The summed E-state index contributed by atoms with van der Waals surface area (Å²) in [5.74, 6) is 0.487. The number of hydrogen-bond acceptors (Lipinski definition) is 2. The fourth-order valence-electron chi connectivity index (χ4n) is 4.32. The van der Waals surface area contributed by atoms with E-state index in [0.717, 1.165) is 50.8 Å². The maximum absolute atomic E-state index is 13.3. The summed E-state index contributed by atoms with van der Waals surface area (Å²) in [5, 5.41) is 4.23. The first-order valence-electron chi connectivity index (χ1n) is 9.10. The van der Waals surface area contributed by atoms with Gasteiger partial charge in [-0.2, -0.15) is 5.10 Å². The van der Waals surface area contributed by atoms with E-state index in [1.807, 2.05) is 22.8 Å². The Morgan fingerprint density at radius 2 is 2.08 bits per heavy atom. The molecular weight excluding hydrogens is 317 g/mol. The summed E-state index contributed by atoms with van der Waals surface area (Å²) in [6.07, 6.45) is 8.80. The van der Waals surface area contributed by atoms with E-state index < -0.39 is 5.41 Å². The molecule has 0 bridgehead atoms. The van der Waals surface area contributed by atoms with Crippen LogP contribution in [0.2, 0.25) is 0 Å². The van der Waals surface area contributed by atoms with Crippen molar-refractivity contribution < 1.29 is 9.18 Å². The minimum Gasteiger partial charge on any atom is -0.342 e. The van der Waals surface area contributed by atoms with E-state index in [-0.39, 0.29) is 11.7 Å². The molecule has 2 aliphatic rings. The van der Waals surface area contributed by atoms with E-state index in [1.165, 1.54) is 17.7 Å². The first kappa shape index (κ1) is 16.3. The molecule has 1 aromatic carbocycles. The zero-order valence-electron chi connectivity index (χ0n) is 14.6. The number of hydrogen-bond donors (Lipinski definition) is 0. The maximum Gasteiger partial charge on any atom is 0.233 e. The SMILES string of the molecule is Cn1cc(C[C@@H]2CCN(C(=O)C3(c4ccc(F)cc4)CCC3)C2)cn1. The highest BCUT2D eigenvalue weighted by Gasteiger charge is 2.48. The van der Waals surface area contributed by atoms with Crippen LogP contribution in [0.4, 0.5) is 4.39 Å². The maximum atomic E-state index is 13.3. The van der Waals surface area contributed by atoms with Crippen LogP contribution >= 0.6 is 0 Å². The summed E-state index contributed by atoms with van der Waals surface area (Å²) in [4.78, 5) is 15.3. The Kier molecular flexibility index (Phi) is 4.10. The topological polar surface area (TPSA) is 38.1 Å². The molecule has 1 aliphatic heterocycles. The van der Waals surface area contributed by atoms with Crippen LogP contribution in [0.5, 0.6) is 0 Å². The average molecular weight is 341 g/mol. The molecule has 0 radical (unpaired) electrons. The molecule has 1 saturated carbocycles. The van der Waals surface area contributed by atoms with Gasteiger partial charge in [0.2, 0.25) is 5.91 Å². The van der Waals surface area contributed by atoms with Crippen molar-refractivity contribution in [1.82, 2.24) is 14.7 Å². The van der Waals surface area contributed by atoms with Crippen LogP contribution < -0.4 is 0 Å². The number of likely N-dealkylation sites (tertiary alicyclic amines) is 1. The molecular formula is C20H24FN3O. The smallest absolute Gasteiger partial charge is 0.233 e. The molecule has 4 nitrogen and oxygen atoms in total. The number of aromatic nitrogens is 2. The fraction of sp³-hybridized carbons (Fsp3) is 0.500. The Bertz CT molecular complexity index is 764. The number of nitrogens with zero attached hydrogens (tertiary/aromatic N) is 3. The molecule has 2 fully saturated rings. The molecule has 132 valence electrons. The van der Waals surface area contributed by atoms with Crippen LogP contribution in [0, 0.1) is 11.7 Å². The van der Waals surface area contributed by atoms with Crippen LogP contribution in [-0.2, 0) is 23.7 Å². The molecule has 25 heavy (non-hydrogen) atoms. The molecule has 0 spiro atoms. The second kappa shape index (κ2) is 6.28. The highest BCUT2D eigenvalue weighted by atomic mass is 19.1. The van der Waals surface area contributed by atoms with Gasteiger partial charge in [-0.15, -0.1) is 0 Å². The van der Waals surface area contributed by atoms with E-state index in [1.54, 1.807) is 12.1 Å². The van der Waals surface area contributed by atoms with Crippen LogP contribution in [0.3, 0.4) is 0 Å². The average Bonchev–Trinajstić information content (AvgIpc) is 3.17. The predicted molar refractivity (Wildman–Crippen MR) is 93.5 cm³/mol. The highest BCUT2D eigenvalue weighted by Crippen LogP contribution is 2.46. The van der Waals surface area contributed by atoms with Gasteiger partial charge < -0.3 is 4.90 Å². The van der Waals surface area contributed by atoms with Gasteiger partial charge in [0.25, 0.3) is 0 Å². The van der Waals surface area contributed by atoms with E-state index in [0.29, 0.717) is 5.92 Å². The van der Waals surface area contributed by atoms with Crippen molar-refractivity contribution in [3.63, 3.8) is 0 Å². The van der Waals surface area contributed by atoms with Crippen molar-refractivity contribution in [3.8, 4) is 0 Å². The molecule has 1 aromatic heterocycles. The van der Waals surface area contributed by atoms with Gasteiger partial charge in [0, 0.05) is 26.3 Å². The van der Waals surface area contributed by atoms with Crippen molar-refractivity contribution in [2.75, 3.05) is 13.1 Å². The number of halogens is 1. The minimum absolute atomic E-state index is 0.235. The third-order valence-electron chi connectivity index (χ3n) is 5.87. The lowest BCUT2D eigenvalue weighted by atomic mass is 9.63. The molecule has 1 aliphatic carbocycles. The summed E-state index contributed by atoms with van der Waals surface area (Å²) < 4.78 is 15.1. The van der Waals surface area contributed by atoms with Crippen molar-refractivity contribution >= 4 is 5.91 Å². The largest absolute Gasteiger partial charge is 0.342 e. The van der Waals surface area contributed by atoms with E-state index in [2.05, 4.69) is 11.3 Å². The zero-order chi connectivity index (χ0) is 17.4. The van der Waals surface area contributed by atoms with Gasteiger partial charge in [-0.1, -0.05) is 18.6 Å². The van der Waals surface area contributed by atoms with E-state index in [4.69, 9.17) is 0 Å². The van der Waals surface area contributed by atoms with Crippen molar-refractivity contribution in [2.45, 2.75) is 37.5 Å². The van der Waals surface area contributed by atoms with Gasteiger partial charge in [-0.3, -0.25) is 9.48 Å². The van der Waals surface area contributed by atoms with E-state index >= 15 is 0 Å². The number of amides is 1. The summed E-state index contributed by atoms with van der Waals surface area (Å²) in [6.45, 7) is 1.64.